The van der Waals surface area contributed by atoms with E-state index in [4.69, 9.17) is 9.47 Å². The summed E-state index contributed by atoms with van der Waals surface area (Å²) in [6.45, 7) is 4.95. The lowest BCUT2D eigenvalue weighted by atomic mass is 10.1. The molecule has 4 aromatic rings. The summed E-state index contributed by atoms with van der Waals surface area (Å²) >= 11 is 0. The zero-order valence-electron chi connectivity index (χ0n) is 20.0. The zero-order valence-corrected chi connectivity index (χ0v) is 20.0. The fourth-order valence-corrected chi connectivity index (χ4v) is 3.53. The quantitative estimate of drug-likeness (QED) is 0.344. The van der Waals surface area contributed by atoms with E-state index >= 15 is 0 Å². The second kappa shape index (κ2) is 9.46. The number of carbonyl (C=O) groups excluding carboxylic acids is 1. The summed E-state index contributed by atoms with van der Waals surface area (Å²) in [6, 6.07) is 19.9. The topological polar surface area (TPSA) is 90.6 Å². The van der Waals surface area contributed by atoms with Gasteiger partial charge in [-0.15, -0.1) is 0 Å². The molecule has 1 heterocycles. The molecular formula is C28H26N2O5. The van der Waals surface area contributed by atoms with Crippen LogP contribution in [0.25, 0.3) is 23.3 Å². The molecule has 0 spiro atoms. The average molecular weight is 471 g/mol. The lowest BCUT2D eigenvalue weighted by Crippen LogP contribution is -2.37. The third kappa shape index (κ3) is 5.09. The van der Waals surface area contributed by atoms with Crippen molar-refractivity contribution in [2.45, 2.75) is 26.4 Å². The highest BCUT2D eigenvalue weighted by atomic mass is 16.5. The Labute approximate surface area is 203 Å². The minimum absolute atomic E-state index is 0.204. The van der Waals surface area contributed by atoms with Gasteiger partial charge in [0.1, 0.15) is 11.5 Å². The molecule has 178 valence electrons. The summed E-state index contributed by atoms with van der Waals surface area (Å²) in [5.41, 5.74) is 2.39. The molecule has 1 N–H and O–H groups in total. The number of hydrogen-bond donors (Lipinski definition) is 1. The molecule has 1 aromatic heterocycles. The van der Waals surface area contributed by atoms with E-state index in [1.807, 2.05) is 43.3 Å². The van der Waals surface area contributed by atoms with Crippen LogP contribution < -0.4 is 9.47 Å². The lowest BCUT2D eigenvalue weighted by molar-refractivity contribution is -0.152. The normalized spacial score (nSPS) is 11.7. The number of carbonyl (C=O) groups is 2. The maximum atomic E-state index is 13.4. The Hall–Kier alpha value is -4.39. The van der Waals surface area contributed by atoms with Gasteiger partial charge in [0.05, 0.1) is 18.1 Å². The minimum atomic E-state index is -1.37. The Kier molecular flexibility index (Phi) is 6.42. The van der Waals surface area contributed by atoms with Gasteiger partial charge in [-0.2, -0.15) is 0 Å². The molecule has 0 aliphatic carbocycles. The summed E-state index contributed by atoms with van der Waals surface area (Å²) in [4.78, 5) is 29.4. The van der Waals surface area contributed by atoms with E-state index in [0.29, 0.717) is 22.6 Å². The first-order valence-electron chi connectivity index (χ1n) is 11.1. The summed E-state index contributed by atoms with van der Waals surface area (Å²) in [5, 5.41) is 9.34. The second-order valence-corrected chi connectivity index (χ2v) is 8.66. The molecular weight excluding hydrogens is 444 g/mol. The van der Waals surface area contributed by atoms with Crippen LogP contribution in [0.15, 0.2) is 66.7 Å². The van der Waals surface area contributed by atoms with Gasteiger partial charge in [0.25, 0.3) is 0 Å². The smallest absolute Gasteiger partial charge is 0.347 e. The average Bonchev–Trinajstić information content (AvgIpc) is 3.20. The van der Waals surface area contributed by atoms with Crippen LogP contribution in [0.2, 0.25) is 0 Å². The summed E-state index contributed by atoms with van der Waals surface area (Å²) in [7, 11) is 1.58. The number of nitrogens with zero attached hydrogens (tertiary/aromatic N) is 2. The molecule has 0 saturated heterocycles. The van der Waals surface area contributed by atoms with Gasteiger partial charge < -0.3 is 14.6 Å². The number of ether oxygens (including phenoxy) is 2. The Morgan fingerprint density at radius 1 is 1.00 bits per heavy atom. The van der Waals surface area contributed by atoms with Crippen LogP contribution in [-0.2, 0) is 4.79 Å². The van der Waals surface area contributed by atoms with Crippen molar-refractivity contribution in [2.75, 3.05) is 7.11 Å². The molecule has 7 nitrogen and oxygen atoms in total. The van der Waals surface area contributed by atoms with Gasteiger partial charge in [-0.05, 0) is 56.7 Å². The number of methoxy groups -OCH3 is 1. The van der Waals surface area contributed by atoms with Crippen LogP contribution >= 0.6 is 0 Å². The Balaban J connectivity index is 1.75. The number of benzene rings is 3. The van der Waals surface area contributed by atoms with Crippen molar-refractivity contribution in [2.24, 2.45) is 0 Å². The van der Waals surface area contributed by atoms with Gasteiger partial charge in [-0.3, -0.25) is 9.36 Å². The van der Waals surface area contributed by atoms with Crippen molar-refractivity contribution in [3.63, 3.8) is 0 Å². The first-order chi connectivity index (χ1) is 16.7. The van der Waals surface area contributed by atoms with Gasteiger partial charge in [0.15, 0.2) is 11.4 Å². The molecule has 0 fully saturated rings. The Bertz CT molecular complexity index is 1430. The van der Waals surface area contributed by atoms with E-state index in [1.54, 1.807) is 54.3 Å². The van der Waals surface area contributed by atoms with Crippen LogP contribution in [0.3, 0.4) is 0 Å². The lowest BCUT2D eigenvalue weighted by Gasteiger charge is -2.21. The van der Waals surface area contributed by atoms with Gasteiger partial charge >= 0.3 is 5.97 Å². The fraction of sp³-hybridized carbons (Fsp3) is 0.179. The highest BCUT2D eigenvalue weighted by Gasteiger charge is 2.29. The third-order valence-electron chi connectivity index (χ3n) is 5.58. The monoisotopic (exact) mass is 470 g/mol. The molecule has 0 atom stereocenters. The summed E-state index contributed by atoms with van der Waals surface area (Å²) in [6.07, 6.45) is 3.59. The van der Waals surface area contributed by atoms with Crippen molar-refractivity contribution in [1.29, 1.82) is 0 Å². The number of aromatic nitrogens is 2. The van der Waals surface area contributed by atoms with E-state index in [1.165, 1.54) is 13.8 Å². The largest absolute Gasteiger partial charge is 0.497 e. The van der Waals surface area contributed by atoms with E-state index < -0.39 is 11.6 Å². The summed E-state index contributed by atoms with van der Waals surface area (Å²) < 4.78 is 12.7. The van der Waals surface area contributed by atoms with Crippen molar-refractivity contribution in [3.05, 3.63) is 89.2 Å². The number of fused-ring (bicyclic) bond motifs is 1. The predicted octanol–water partition coefficient (Wildman–Crippen LogP) is 5.45. The molecule has 0 radical (unpaired) electrons. The van der Waals surface area contributed by atoms with Crippen molar-refractivity contribution >= 4 is 35.1 Å². The number of carboxylic acid groups (broad SMARTS) is 1. The molecule has 0 aliphatic rings. The summed E-state index contributed by atoms with van der Waals surface area (Å²) in [5.74, 6) is 0.0815. The molecule has 4 rings (SSSR count). The number of hydrogen-bond acceptors (Lipinski definition) is 5. The molecule has 35 heavy (non-hydrogen) atoms. The molecule has 0 unspecified atom stereocenters. The number of ketones is 1. The third-order valence-corrected chi connectivity index (χ3v) is 5.58. The van der Waals surface area contributed by atoms with Gasteiger partial charge in [0.2, 0.25) is 5.78 Å². The molecule has 0 aliphatic heterocycles. The van der Waals surface area contributed by atoms with Crippen molar-refractivity contribution in [1.82, 2.24) is 9.55 Å². The minimum Gasteiger partial charge on any atom is -0.497 e. The zero-order chi connectivity index (χ0) is 25.2. The number of aliphatic carboxylic acids is 1. The van der Waals surface area contributed by atoms with Crippen LogP contribution in [-0.4, -0.2) is 39.1 Å². The number of aryl methyl sites for hydroxylation is 1. The number of rotatable bonds is 8. The first kappa shape index (κ1) is 23.8. The second-order valence-electron chi connectivity index (χ2n) is 8.66. The molecule has 3 aromatic carbocycles. The Morgan fingerprint density at radius 3 is 2.43 bits per heavy atom. The fourth-order valence-electron chi connectivity index (χ4n) is 3.53. The predicted molar refractivity (Wildman–Crippen MR) is 135 cm³/mol. The standard InChI is InChI=1S/C28H26N2O5/c1-18-8-10-20(11-9-18)25(31)26-29-23-17-21(34-4)12-13-24(23)30(26)15-14-19-6-5-7-22(16-19)35-28(2,3)27(32)33/h5-17H,1-4H3,(H,32,33)/b15-14+. The van der Waals surface area contributed by atoms with E-state index in [2.05, 4.69) is 4.98 Å². The number of carboxylic acids is 1. The van der Waals surface area contributed by atoms with E-state index in [9.17, 15) is 14.7 Å². The van der Waals surface area contributed by atoms with Crippen LogP contribution in [0.4, 0.5) is 0 Å². The van der Waals surface area contributed by atoms with Gasteiger partial charge in [-0.1, -0.05) is 42.0 Å². The Morgan fingerprint density at radius 2 is 1.74 bits per heavy atom. The first-order valence-corrected chi connectivity index (χ1v) is 11.1. The van der Waals surface area contributed by atoms with Crippen LogP contribution in [0, 0.1) is 6.92 Å². The molecule has 0 saturated carbocycles. The molecule has 0 amide bonds. The van der Waals surface area contributed by atoms with Crippen LogP contribution in [0.1, 0.15) is 41.2 Å². The van der Waals surface area contributed by atoms with E-state index in [0.717, 1.165) is 16.6 Å². The SMILES string of the molecule is COc1ccc2c(c1)nc(C(=O)c1ccc(C)cc1)n2/C=C/c1cccc(OC(C)(C)C(=O)O)c1. The molecule has 7 heteroatoms. The van der Waals surface area contributed by atoms with Crippen molar-refractivity contribution < 1.29 is 24.2 Å². The van der Waals surface area contributed by atoms with Crippen LogP contribution in [0.5, 0.6) is 11.5 Å². The van der Waals surface area contributed by atoms with E-state index in [-0.39, 0.29) is 11.6 Å². The molecule has 0 bridgehead atoms. The van der Waals surface area contributed by atoms with Crippen molar-refractivity contribution in [3.8, 4) is 11.5 Å². The maximum Gasteiger partial charge on any atom is 0.347 e. The number of imidazole rings is 1. The highest BCUT2D eigenvalue weighted by molar-refractivity contribution is 6.09. The van der Waals surface area contributed by atoms with Gasteiger partial charge in [0, 0.05) is 17.8 Å². The van der Waals surface area contributed by atoms with Gasteiger partial charge in [-0.25, -0.2) is 9.78 Å². The maximum absolute atomic E-state index is 13.4. The highest BCUT2D eigenvalue weighted by Crippen LogP contribution is 2.25.